The summed E-state index contributed by atoms with van der Waals surface area (Å²) in [6.45, 7) is 7.67. The van der Waals surface area contributed by atoms with Gasteiger partial charge in [-0.3, -0.25) is 4.79 Å². The Hall–Kier alpha value is -0.820. The number of ether oxygens (including phenoxy) is 1. The lowest BCUT2D eigenvalue weighted by Gasteiger charge is -2.59. The van der Waals surface area contributed by atoms with Crippen LogP contribution in [-0.4, -0.2) is 47.8 Å². The van der Waals surface area contributed by atoms with E-state index in [1.54, 1.807) is 27.7 Å². The van der Waals surface area contributed by atoms with Crippen LogP contribution in [0.25, 0.3) is 0 Å². The molecule has 1 aliphatic rings. The summed E-state index contributed by atoms with van der Waals surface area (Å²) in [5.41, 5.74) is 4.15. The van der Waals surface area contributed by atoms with Gasteiger partial charge in [0.1, 0.15) is 12.1 Å². The fourth-order valence-electron chi connectivity index (χ4n) is 2.74. The smallest absolute Gasteiger partial charge is 0.378 e. The molecular formula is C14H25F3N2O2. The van der Waals surface area contributed by atoms with Gasteiger partial charge in [-0.15, -0.1) is 0 Å². The summed E-state index contributed by atoms with van der Waals surface area (Å²) in [4.78, 5) is 13.4. The summed E-state index contributed by atoms with van der Waals surface area (Å²) in [5, 5.41) is 0. The maximum atomic E-state index is 12.7. The van der Waals surface area contributed by atoms with Crippen LogP contribution in [-0.2, 0) is 9.53 Å². The van der Waals surface area contributed by atoms with Crippen molar-refractivity contribution < 1.29 is 22.7 Å². The topological polar surface area (TPSA) is 55.6 Å². The van der Waals surface area contributed by atoms with E-state index >= 15 is 0 Å². The fourth-order valence-corrected chi connectivity index (χ4v) is 2.74. The van der Waals surface area contributed by atoms with E-state index < -0.39 is 35.6 Å². The van der Waals surface area contributed by atoms with Gasteiger partial charge in [-0.2, -0.15) is 13.2 Å². The number of nitrogens with two attached hydrogens (primary N) is 1. The van der Waals surface area contributed by atoms with Crippen LogP contribution in [0.4, 0.5) is 13.2 Å². The molecule has 1 saturated carbocycles. The zero-order chi connectivity index (χ0) is 16.6. The van der Waals surface area contributed by atoms with Gasteiger partial charge < -0.3 is 15.4 Å². The monoisotopic (exact) mass is 310 g/mol. The van der Waals surface area contributed by atoms with Crippen LogP contribution in [0, 0.1) is 5.41 Å². The van der Waals surface area contributed by atoms with Crippen molar-refractivity contribution in [3.05, 3.63) is 0 Å². The molecule has 1 rings (SSSR count). The van der Waals surface area contributed by atoms with Crippen molar-refractivity contribution in [2.75, 3.05) is 13.2 Å². The third kappa shape index (κ3) is 3.34. The number of rotatable bonds is 5. The van der Waals surface area contributed by atoms with E-state index in [2.05, 4.69) is 0 Å². The van der Waals surface area contributed by atoms with Gasteiger partial charge >= 0.3 is 6.18 Å². The number of alkyl halides is 3. The number of carbonyl (C=O) groups is 1. The summed E-state index contributed by atoms with van der Waals surface area (Å²) >= 11 is 0. The molecule has 2 unspecified atom stereocenters. The first-order chi connectivity index (χ1) is 9.37. The van der Waals surface area contributed by atoms with Gasteiger partial charge in [-0.25, -0.2) is 0 Å². The highest BCUT2D eigenvalue weighted by molar-refractivity contribution is 5.89. The average Bonchev–Trinajstić information content (AvgIpc) is 2.33. The molecule has 2 atom stereocenters. The first kappa shape index (κ1) is 18.2. The van der Waals surface area contributed by atoms with Gasteiger partial charge in [-0.05, 0) is 20.8 Å². The van der Waals surface area contributed by atoms with Gasteiger partial charge in [0.2, 0.25) is 5.91 Å². The van der Waals surface area contributed by atoms with E-state index in [0.29, 0.717) is 6.61 Å². The minimum atomic E-state index is -4.44. The predicted octanol–water partition coefficient (Wildman–Crippen LogP) is 2.32. The molecular weight excluding hydrogens is 285 g/mol. The quantitative estimate of drug-likeness (QED) is 0.848. The Morgan fingerprint density at radius 3 is 2.29 bits per heavy atom. The Morgan fingerprint density at radius 1 is 1.43 bits per heavy atom. The van der Waals surface area contributed by atoms with Crippen molar-refractivity contribution in [1.29, 1.82) is 0 Å². The molecule has 21 heavy (non-hydrogen) atoms. The molecule has 0 bridgehead atoms. The number of amides is 1. The molecule has 0 aromatic rings. The van der Waals surface area contributed by atoms with E-state index in [4.69, 9.17) is 10.5 Å². The number of carbonyl (C=O) groups excluding carboxylic acids is 1. The molecule has 0 aliphatic heterocycles. The van der Waals surface area contributed by atoms with E-state index in [1.807, 2.05) is 6.92 Å². The maximum Gasteiger partial charge on any atom is 0.406 e. The molecule has 0 spiro atoms. The Kier molecular flexibility index (Phi) is 5.00. The lowest BCUT2D eigenvalue weighted by Crippen LogP contribution is -2.76. The fraction of sp³-hybridized carbons (Fsp3) is 0.929. The predicted molar refractivity (Wildman–Crippen MR) is 73.6 cm³/mol. The number of halogens is 3. The van der Waals surface area contributed by atoms with Crippen molar-refractivity contribution in [3.63, 3.8) is 0 Å². The van der Waals surface area contributed by atoms with Crippen molar-refractivity contribution in [1.82, 2.24) is 4.90 Å². The van der Waals surface area contributed by atoms with Crippen LogP contribution in [0.2, 0.25) is 0 Å². The lowest BCUT2D eigenvalue weighted by atomic mass is 9.54. The molecule has 124 valence electrons. The highest BCUT2D eigenvalue weighted by Crippen LogP contribution is 2.50. The first-order valence-corrected chi connectivity index (χ1v) is 7.15. The molecule has 0 heterocycles. The average molecular weight is 310 g/mol. The highest BCUT2D eigenvalue weighted by atomic mass is 19.4. The Balaban J connectivity index is 2.95. The van der Waals surface area contributed by atoms with Gasteiger partial charge in [0, 0.05) is 24.5 Å². The first-order valence-electron chi connectivity index (χ1n) is 7.15. The molecule has 1 amide bonds. The molecule has 2 N–H and O–H groups in total. The van der Waals surface area contributed by atoms with Gasteiger partial charge in [-0.1, -0.05) is 13.8 Å². The van der Waals surface area contributed by atoms with Crippen molar-refractivity contribution in [3.8, 4) is 0 Å². The number of hydrogen-bond donors (Lipinski definition) is 1. The molecule has 1 aliphatic carbocycles. The van der Waals surface area contributed by atoms with Gasteiger partial charge in [0.25, 0.3) is 0 Å². The minimum Gasteiger partial charge on any atom is -0.378 e. The summed E-state index contributed by atoms with van der Waals surface area (Å²) in [5.74, 6) is -0.657. The van der Waals surface area contributed by atoms with Crippen LogP contribution in [0.15, 0.2) is 0 Å². The molecule has 7 heteroatoms. The second-order valence-corrected chi connectivity index (χ2v) is 6.48. The molecule has 0 aromatic heterocycles. The van der Waals surface area contributed by atoms with Crippen molar-refractivity contribution in [2.24, 2.45) is 11.1 Å². The van der Waals surface area contributed by atoms with Crippen LogP contribution in [0.3, 0.4) is 0 Å². The molecule has 0 saturated heterocycles. The van der Waals surface area contributed by atoms with E-state index in [9.17, 15) is 18.0 Å². The van der Waals surface area contributed by atoms with Crippen LogP contribution >= 0.6 is 0 Å². The minimum absolute atomic E-state index is 0.212. The summed E-state index contributed by atoms with van der Waals surface area (Å²) < 4.78 is 43.5. The molecule has 1 fully saturated rings. The summed E-state index contributed by atoms with van der Waals surface area (Å²) in [7, 11) is 0. The third-order valence-electron chi connectivity index (χ3n) is 4.45. The van der Waals surface area contributed by atoms with Crippen LogP contribution < -0.4 is 5.73 Å². The van der Waals surface area contributed by atoms with E-state index in [-0.39, 0.29) is 12.5 Å². The highest BCUT2D eigenvalue weighted by Gasteiger charge is 2.64. The standard InChI is InChI=1S/C14H25F3N2O2/c1-6-21-10-7-13(18,12(10,4)5)11(20)19(9(2)3)8-14(15,16)17/h9-10H,6-8,18H2,1-5H3. The Labute approximate surface area is 123 Å². The van der Waals surface area contributed by atoms with Crippen molar-refractivity contribution >= 4 is 5.91 Å². The second kappa shape index (κ2) is 5.76. The van der Waals surface area contributed by atoms with Crippen LogP contribution in [0.5, 0.6) is 0 Å². The maximum absolute atomic E-state index is 12.7. The lowest BCUT2D eigenvalue weighted by molar-refractivity contribution is -0.193. The molecule has 4 nitrogen and oxygen atoms in total. The number of nitrogens with zero attached hydrogens (tertiary/aromatic N) is 1. The SMILES string of the molecule is CCOC1CC(N)(C(=O)N(CC(F)(F)F)C(C)C)C1(C)C. The molecule has 0 aromatic carbocycles. The zero-order valence-corrected chi connectivity index (χ0v) is 13.3. The normalized spacial score (nSPS) is 28.4. The van der Waals surface area contributed by atoms with Crippen LogP contribution in [0.1, 0.15) is 41.0 Å². The van der Waals surface area contributed by atoms with E-state index in [1.165, 1.54) is 0 Å². The summed E-state index contributed by atoms with van der Waals surface area (Å²) in [6, 6.07) is -0.568. The van der Waals surface area contributed by atoms with E-state index in [0.717, 1.165) is 4.90 Å². The molecule has 0 radical (unpaired) electrons. The second-order valence-electron chi connectivity index (χ2n) is 6.48. The summed E-state index contributed by atoms with van der Waals surface area (Å²) in [6.07, 6.45) is -4.41. The zero-order valence-electron chi connectivity index (χ0n) is 13.3. The van der Waals surface area contributed by atoms with Gasteiger partial charge in [0.05, 0.1) is 6.10 Å². The van der Waals surface area contributed by atoms with Gasteiger partial charge in [0.15, 0.2) is 0 Å². The largest absolute Gasteiger partial charge is 0.406 e. The Bertz CT molecular complexity index is 396. The van der Waals surface area contributed by atoms with Crippen molar-refractivity contribution in [2.45, 2.75) is 64.9 Å². The number of hydrogen-bond acceptors (Lipinski definition) is 3. The Morgan fingerprint density at radius 2 is 1.95 bits per heavy atom. The third-order valence-corrected chi connectivity index (χ3v) is 4.45.